The molecule has 162 valence electrons. The van der Waals surface area contributed by atoms with Crippen LogP contribution in [0.1, 0.15) is 25.5 Å². The zero-order valence-corrected chi connectivity index (χ0v) is 18.4. The van der Waals surface area contributed by atoms with Gasteiger partial charge in [0.2, 0.25) is 0 Å². The number of urea groups is 1. The molecule has 0 radical (unpaired) electrons. The minimum Gasteiger partial charge on any atom is -0.463 e. The molecule has 0 aliphatic carbocycles. The molecule has 0 spiro atoms. The van der Waals surface area contributed by atoms with Gasteiger partial charge >= 0.3 is 18.0 Å². The van der Waals surface area contributed by atoms with E-state index in [1.807, 2.05) is 0 Å². The Balaban J connectivity index is 2.26. The molecule has 2 amide bonds. The van der Waals surface area contributed by atoms with E-state index in [2.05, 4.69) is 5.32 Å². The lowest BCUT2D eigenvalue weighted by Crippen LogP contribution is -2.51. The van der Waals surface area contributed by atoms with E-state index in [1.165, 1.54) is 0 Å². The van der Waals surface area contributed by atoms with E-state index in [0.29, 0.717) is 21.3 Å². The molecule has 2 aromatic carbocycles. The molecular weight excluding hydrogens is 443 g/mol. The van der Waals surface area contributed by atoms with Crippen LogP contribution in [0.25, 0.3) is 0 Å². The number of carbonyl (C=O) groups excluding carboxylic acids is 3. The molecule has 1 aliphatic rings. The van der Waals surface area contributed by atoms with Crippen molar-refractivity contribution in [2.45, 2.75) is 19.9 Å². The minimum atomic E-state index is -0.938. The maximum Gasteiger partial charge on any atom is 0.356 e. The maximum absolute atomic E-state index is 13.1. The third-order valence-corrected chi connectivity index (χ3v) is 4.99. The van der Waals surface area contributed by atoms with Crippen LogP contribution in [0, 0.1) is 0 Å². The maximum atomic E-state index is 13.1. The van der Waals surface area contributed by atoms with Crippen molar-refractivity contribution in [2.75, 3.05) is 18.1 Å². The summed E-state index contributed by atoms with van der Waals surface area (Å²) in [7, 11) is 0. The highest BCUT2D eigenvalue weighted by Gasteiger charge is 2.42. The van der Waals surface area contributed by atoms with E-state index in [1.54, 1.807) is 62.4 Å². The fourth-order valence-corrected chi connectivity index (χ4v) is 3.44. The topological polar surface area (TPSA) is 84.9 Å². The van der Waals surface area contributed by atoms with Gasteiger partial charge in [-0.1, -0.05) is 35.3 Å². The molecule has 3 rings (SSSR count). The molecule has 9 heteroatoms. The molecule has 0 saturated carbocycles. The van der Waals surface area contributed by atoms with E-state index in [-0.39, 0.29) is 24.5 Å². The second-order valence-corrected chi connectivity index (χ2v) is 7.32. The van der Waals surface area contributed by atoms with Crippen molar-refractivity contribution in [2.24, 2.45) is 0 Å². The highest BCUT2D eigenvalue weighted by molar-refractivity contribution is 6.31. The highest BCUT2D eigenvalue weighted by Crippen LogP contribution is 2.35. The van der Waals surface area contributed by atoms with Gasteiger partial charge in [0.25, 0.3) is 0 Å². The number of halogens is 2. The molecule has 2 aromatic rings. The SMILES string of the molecule is CCOC(=O)C1=C(C(=O)OCC)N(c2ccc(Cl)cc2)C(=O)N[C@H]1c1ccc(Cl)cc1. The number of hydrogen-bond acceptors (Lipinski definition) is 5. The van der Waals surface area contributed by atoms with Crippen LogP contribution in [-0.2, 0) is 19.1 Å². The summed E-state index contributed by atoms with van der Waals surface area (Å²) < 4.78 is 10.4. The first-order valence-corrected chi connectivity index (χ1v) is 10.3. The highest BCUT2D eigenvalue weighted by atomic mass is 35.5. The summed E-state index contributed by atoms with van der Waals surface area (Å²) in [4.78, 5) is 40.2. The average Bonchev–Trinajstić information content (AvgIpc) is 2.74. The van der Waals surface area contributed by atoms with Crippen LogP contribution in [0.4, 0.5) is 10.5 Å². The fraction of sp³-hybridized carbons (Fsp3) is 0.227. The van der Waals surface area contributed by atoms with Crippen molar-refractivity contribution in [1.29, 1.82) is 0 Å². The second kappa shape index (κ2) is 9.85. The molecule has 1 atom stereocenters. The van der Waals surface area contributed by atoms with Crippen molar-refractivity contribution < 1.29 is 23.9 Å². The monoisotopic (exact) mass is 462 g/mol. The Hall–Kier alpha value is -3.03. The molecule has 0 aromatic heterocycles. The predicted molar refractivity (Wildman–Crippen MR) is 117 cm³/mol. The summed E-state index contributed by atoms with van der Waals surface area (Å²) in [5.41, 5.74) is 0.628. The van der Waals surface area contributed by atoms with E-state index in [9.17, 15) is 14.4 Å². The number of amides is 2. The summed E-state index contributed by atoms with van der Waals surface area (Å²) in [6, 6.07) is 11.3. The molecule has 0 bridgehead atoms. The summed E-state index contributed by atoms with van der Waals surface area (Å²) in [6.07, 6.45) is 0. The Morgan fingerprint density at radius 1 is 0.903 bits per heavy atom. The molecule has 1 heterocycles. The summed E-state index contributed by atoms with van der Waals surface area (Å²) in [6.45, 7) is 3.42. The van der Waals surface area contributed by atoms with Crippen LogP contribution >= 0.6 is 23.2 Å². The number of nitrogens with one attached hydrogen (secondary N) is 1. The van der Waals surface area contributed by atoms with E-state index >= 15 is 0 Å². The van der Waals surface area contributed by atoms with Gasteiger partial charge in [-0.25, -0.2) is 14.4 Å². The Labute approximate surface area is 189 Å². The first kappa shape index (κ1) is 22.7. The zero-order chi connectivity index (χ0) is 22.5. The second-order valence-electron chi connectivity index (χ2n) is 6.45. The summed E-state index contributed by atoms with van der Waals surface area (Å²) >= 11 is 11.9. The van der Waals surface area contributed by atoms with E-state index in [0.717, 1.165) is 4.90 Å². The van der Waals surface area contributed by atoms with Crippen molar-refractivity contribution in [3.05, 3.63) is 75.4 Å². The molecule has 0 unspecified atom stereocenters. The molecule has 0 saturated heterocycles. The lowest BCUT2D eigenvalue weighted by Gasteiger charge is -2.35. The number of nitrogens with zero attached hydrogens (tertiary/aromatic N) is 1. The van der Waals surface area contributed by atoms with Crippen LogP contribution in [0.3, 0.4) is 0 Å². The van der Waals surface area contributed by atoms with Gasteiger partial charge < -0.3 is 14.8 Å². The van der Waals surface area contributed by atoms with Crippen LogP contribution in [0.5, 0.6) is 0 Å². The quantitative estimate of drug-likeness (QED) is 0.631. The van der Waals surface area contributed by atoms with Gasteiger partial charge in [-0.15, -0.1) is 0 Å². The molecular formula is C22H20Cl2N2O5. The Bertz CT molecular complexity index is 1020. The number of ether oxygens (including phenoxy) is 2. The van der Waals surface area contributed by atoms with E-state index in [4.69, 9.17) is 32.7 Å². The van der Waals surface area contributed by atoms with E-state index < -0.39 is 24.0 Å². The number of esters is 2. The zero-order valence-electron chi connectivity index (χ0n) is 16.9. The van der Waals surface area contributed by atoms with Crippen molar-refractivity contribution in [3.8, 4) is 0 Å². The van der Waals surface area contributed by atoms with Crippen LogP contribution in [-0.4, -0.2) is 31.2 Å². The summed E-state index contributed by atoms with van der Waals surface area (Å²) in [5.74, 6) is -1.57. The third kappa shape index (κ3) is 4.84. The largest absolute Gasteiger partial charge is 0.463 e. The third-order valence-electron chi connectivity index (χ3n) is 4.49. The Kier molecular flexibility index (Phi) is 7.20. The molecule has 31 heavy (non-hydrogen) atoms. The average molecular weight is 463 g/mol. The lowest BCUT2D eigenvalue weighted by molar-refractivity contribution is -0.142. The number of anilines is 1. The van der Waals surface area contributed by atoms with Crippen LogP contribution in [0.15, 0.2) is 59.8 Å². The predicted octanol–water partition coefficient (Wildman–Crippen LogP) is 4.64. The van der Waals surface area contributed by atoms with Gasteiger partial charge in [0, 0.05) is 10.0 Å². The van der Waals surface area contributed by atoms with Crippen LogP contribution < -0.4 is 10.2 Å². The first-order chi connectivity index (χ1) is 14.9. The van der Waals surface area contributed by atoms with Crippen molar-refractivity contribution in [1.82, 2.24) is 5.32 Å². The molecule has 7 nitrogen and oxygen atoms in total. The summed E-state index contributed by atoms with van der Waals surface area (Å²) in [5, 5.41) is 3.71. The fourth-order valence-electron chi connectivity index (χ4n) is 3.18. The number of rotatable bonds is 6. The first-order valence-electron chi connectivity index (χ1n) is 9.57. The van der Waals surface area contributed by atoms with Crippen molar-refractivity contribution in [3.63, 3.8) is 0 Å². The van der Waals surface area contributed by atoms with Gasteiger partial charge in [0.05, 0.1) is 30.5 Å². The molecule has 0 fully saturated rings. The number of benzene rings is 2. The van der Waals surface area contributed by atoms with Crippen molar-refractivity contribution >= 4 is 46.9 Å². The Morgan fingerprint density at radius 2 is 1.42 bits per heavy atom. The van der Waals surface area contributed by atoms with Gasteiger partial charge in [-0.3, -0.25) is 4.90 Å². The standard InChI is InChI=1S/C22H20Cl2N2O5/c1-3-30-20(27)17-18(13-5-7-14(23)8-6-13)25-22(29)26(19(17)21(28)31-4-2)16-11-9-15(24)10-12-16/h5-12,18H,3-4H2,1-2H3,(H,25,29)/t18-/m0/s1. The number of carbonyl (C=O) groups is 3. The van der Waals surface area contributed by atoms with Gasteiger partial charge in [-0.05, 0) is 55.8 Å². The van der Waals surface area contributed by atoms with Gasteiger partial charge in [0.15, 0.2) is 0 Å². The minimum absolute atomic E-state index is 0.0443. The molecule has 1 N–H and O–H groups in total. The number of hydrogen-bond donors (Lipinski definition) is 1. The van der Waals surface area contributed by atoms with Gasteiger partial charge in [0.1, 0.15) is 5.70 Å². The van der Waals surface area contributed by atoms with Crippen LogP contribution in [0.2, 0.25) is 10.0 Å². The molecule has 1 aliphatic heterocycles. The lowest BCUT2D eigenvalue weighted by atomic mass is 9.94. The smallest absolute Gasteiger partial charge is 0.356 e. The van der Waals surface area contributed by atoms with Gasteiger partial charge in [-0.2, -0.15) is 0 Å². The normalized spacial score (nSPS) is 16.1. The Morgan fingerprint density at radius 3 is 1.97 bits per heavy atom.